The fourth-order valence-electron chi connectivity index (χ4n) is 4.48. The number of nitrogens with zero attached hydrogens (tertiary/aromatic N) is 2. The Morgan fingerprint density at radius 1 is 1.10 bits per heavy atom. The van der Waals surface area contributed by atoms with Crippen molar-refractivity contribution in [2.24, 2.45) is 5.92 Å². The number of amides is 2. The van der Waals surface area contributed by atoms with Gasteiger partial charge in [-0.1, -0.05) is 50.1 Å². The minimum atomic E-state index is -0.0457. The van der Waals surface area contributed by atoms with Gasteiger partial charge in [-0.05, 0) is 30.7 Å². The van der Waals surface area contributed by atoms with Gasteiger partial charge in [0, 0.05) is 32.7 Å². The normalized spacial score (nSPS) is 19.3. The summed E-state index contributed by atoms with van der Waals surface area (Å²) >= 11 is 0. The molecule has 1 aromatic rings. The predicted molar refractivity (Wildman–Crippen MR) is 113 cm³/mol. The molecule has 0 spiro atoms. The van der Waals surface area contributed by atoms with Crippen LogP contribution < -0.4 is 5.32 Å². The molecule has 160 valence electrons. The molecule has 1 atom stereocenters. The lowest BCUT2D eigenvalue weighted by atomic mass is 9.95. The SMILES string of the molecule is CCCNC(=O)[C@@H](C1CCCC1)N1CCN(C(=O)COCc2ccccc2)CC1. The molecular formula is C23H35N3O3. The van der Waals surface area contributed by atoms with Gasteiger partial charge in [0.05, 0.1) is 12.6 Å². The third-order valence-electron chi connectivity index (χ3n) is 6.06. The van der Waals surface area contributed by atoms with E-state index < -0.39 is 0 Å². The van der Waals surface area contributed by atoms with E-state index in [0.29, 0.717) is 25.6 Å². The average molecular weight is 402 g/mol. The van der Waals surface area contributed by atoms with Crippen LogP contribution in [-0.4, -0.2) is 67.0 Å². The maximum absolute atomic E-state index is 12.8. The molecule has 1 N–H and O–H groups in total. The summed E-state index contributed by atoms with van der Waals surface area (Å²) < 4.78 is 5.60. The molecule has 6 nitrogen and oxygen atoms in total. The first-order chi connectivity index (χ1) is 14.2. The summed E-state index contributed by atoms with van der Waals surface area (Å²) in [5.41, 5.74) is 1.07. The van der Waals surface area contributed by atoms with E-state index in [0.717, 1.165) is 44.5 Å². The van der Waals surface area contributed by atoms with Gasteiger partial charge < -0.3 is 15.0 Å². The van der Waals surface area contributed by atoms with E-state index in [9.17, 15) is 9.59 Å². The highest BCUT2D eigenvalue weighted by Gasteiger charge is 2.37. The van der Waals surface area contributed by atoms with Gasteiger partial charge in [0.15, 0.2) is 0 Å². The number of carbonyl (C=O) groups is 2. The number of hydrogen-bond acceptors (Lipinski definition) is 4. The Labute approximate surface area is 174 Å². The second kappa shape index (κ2) is 11.3. The van der Waals surface area contributed by atoms with Crippen molar-refractivity contribution in [1.82, 2.24) is 15.1 Å². The molecule has 1 aliphatic heterocycles. The second-order valence-corrected chi connectivity index (χ2v) is 8.18. The van der Waals surface area contributed by atoms with Gasteiger partial charge in [0.2, 0.25) is 11.8 Å². The topological polar surface area (TPSA) is 61.9 Å². The average Bonchev–Trinajstić information content (AvgIpc) is 3.28. The summed E-state index contributed by atoms with van der Waals surface area (Å²) in [7, 11) is 0. The predicted octanol–water partition coefficient (Wildman–Crippen LogP) is 2.43. The van der Waals surface area contributed by atoms with E-state index in [1.807, 2.05) is 35.2 Å². The smallest absolute Gasteiger partial charge is 0.248 e. The third-order valence-corrected chi connectivity index (χ3v) is 6.06. The molecule has 1 heterocycles. The molecule has 1 saturated heterocycles. The van der Waals surface area contributed by atoms with Crippen molar-refractivity contribution in [3.05, 3.63) is 35.9 Å². The van der Waals surface area contributed by atoms with Crippen molar-refractivity contribution < 1.29 is 14.3 Å². The molecule has 3 rings (SSSR count). The second-order valence-electron chi connectivity index (χ2n) is 8.18. The Bertz CT molecular complexity index is 638. The van der Waals surface area contributed by atoms with E-state index in [4.69, 9.17) is 4.74 Å². The highest BCUT2D eigenvalue weighted by atomic mass is 16.5. The third kappa shape index (κ3) is 6.28. The van der Waals surface area contributed by atoms with Crippen LogP contribution in [0.3, 0.4) is 0 Å². The molecule has 29 heavy (non-hydrogen) atoms. The summed E-state index contributed by atoms with van der Waals surface area (Å²) in [5.74, 6) is 0.654. The maximum atomic E-state index is 12.8. The summed E-state index contributed by atoms with van der Waals surface area (Å²) in [6, 6.07) is 9.85. The number of hydrogen-bond donors (Lipinski definition) is 1. The standard InChI is InChI=1S/C23H35N3O3/c1-2-12-24-23(28)22(20-10-6-7-11-20)26-15-13-25(14-16-26)21(27)18-29-17-19-8-4-3-5-9-19/h3-5,8-9,20,22H,2,6-7,10-18H2,1H3,(H,24,28)/t22-/m1/s1. The highest BCUT2D eigenvalue weighted by molar-refractivity contribution is 5.82. The molecular weight excluding hydrogens is 366 g/mol. The van der Waals surface area contributed by atoms with Crippen LogP contribution in [0.15, 0.2) is 30.3 Å². The van der Waals surface area contributed by atoms with Crippen molar-refractivity contribution in [3.63, 3.8) is 0 Å². The van der Waals surface area contributed by atoms with E-state index in [2.05, 4.69) is 17.1 Å². The summed E-state index contributed by atoms with van der Waals surface area (Å²) in [6.45, 7) is 6.21. The molecule has 1 saturated carbocycles. The Morgan fingerprint density at radius 3 is 2.45 bits per heavy atom. The van der Waals surface area contributed by atoms with Crippen molar-refractivity contribution in [1.29, 1.82) is 0 Å². The van der Waals surface area contributed by atoms with Gasteiger partial charge in [0.1, 0.15) is 6.61 Å². The Morgan fingerprint density at radius 2 is 1.79 bits per heavy atom. The lowest BCUT2D eigenvalue weighted by Crippen LogP contribution is -2.58. The number of ether oxygens (including phenoxy) is 1. The van der Waals surface area contributed by atoms with Crippen molar-refractivity contribution in [3.8, 4) is 0 Å². The number of piperazine rings is 1. The number of nitrogens with one attached hydrogen (secondary N) is 1. The molecule has 0 radical (unpaired) electrons. The van der Waals surface area contributed by atoms with E-state index >= 15 is 0 Å². The summed E-state index contributed by atoms with van der Waals surface area (Å²) in [5, 5.41) is 3.10. The first kappa shape index (κ1) is 21.8. The molecule has 1 aliphatic carbocycles. The van der Waals surface area contributed by atoms with E-state index in [1.165, 1.54) is 12.8 Å². The fourth-order valence-corrected chi connectivity index (χ4v) is 4.48. The maximum Gasteiger partial charge on any atom is 0.248 e. The minimum Gasteiger partial charge on any atom is -0.367 e. The van der Waals surface area contributed by atoms with Crippen molar-refractivity contribution in [2.75, 3.05) is 39.3 Å². The molecule has 0 unspecified atom stereocenters. The molecule has 0 bridgehead atoms. The molecule has 2 amide bonds. The van der Waals surface area contributed by atoms with Crippen LogP contribution in [0.2, 0.25) is 0 Å². The lowest BCUT2D eigenvalue weighted by Gasteiger charge is -2.40. The van der Waals surface area contributed by atoms with Gasteiger partial charge in [0.25, 0.3) is 0 Å². The first-order valence-corrected chi connectivity index (χ1v) is 11.1. The van der Waals surface area contributed by atoms with Crippen molar-refractivity contribution in [2.45, 2.75) is 51.7 Å². The minimum absolute atomic E-state index is 0.0356. The zero-order valence-corrected chi connectivity index (χ0v) is 17.6. The summed E-state index contributed by atoms with van der Waals surface area (Å²) in [4.78, 5) is 29.5. The van der Waals surface area contributed by atoms with Crippen LogP contribution in [0, 0.1) is 5.92 Å². The van der Waals surface area contributed by atoms with E-state index in [1.54, 1.807) is 0 Å². The number of rotatable bonds is 9. The zero-order chi connectivity index (χ0) is 20.5. The van der Waals surface area contributed by atoms with Crippen LogP contribution >= 0.6 is 0 Å². The van der Waals surface area contributed by atoms with Crippen LogP contribution in [0.5, 0.6) is 0 Å². The van der Waals surface area contributed by atoms with Gasteiger partial charge in [-0.25, -0.2) is 0 Å². The Kier molecular flexibility index (Phi) is 8.50. The van der Waals surface area contributed by atoms with Gasteiger partial charge in [-0.3, -0.25) is 14.5 Å². The molecule has 2 aliphatic rings. The number of carbonyl (C=O) groups excluding carboxylic acids is 2. The van der Waals surface area contributed by atoms with Gasteiger partial charge in [-0.2, -0.15) is 0 Å². The summed E-state index contributed by atoms with van der Waals surface area (Å²) in [6.07, 6.45) is 5.67. The molecule has 1 aromatic carbocycles. The lowest BCUT2D eigenvalue weighted by molar-refractivity contribution is -0.139. The molecule has 2 fully saturated rings. The largest absolute Gasteiger partial charge is 0.367 e. The fraction of sp³-hybridized carbons (Fsp3) is 0.652. The first-order valence-electron chi connectivity index (χ1n) is 11.1. The van der Waals surface area contributed by atoms with Crippen molar-refractivity contribution >= 4 is 11.8 Å². The zero-order valence-electron chi connectivity index (χ0n) is 17.6. The van der Waals surface area contributed by atoms with Gasteiger partial charge >= 0.3 is 0 Å². The van der Waals surface area contributed by atoms with Crippen LogP contribution in [0.25, 0.3) is 0 Å². The number of benzene rings is 1. The quantitative estimate of drug-likeness (QED) is 0.690. The van der Waals surface area contributed by atoms with Crippen LogP contribution in [-0.2, 0) is 20.9 Å². The van der Waals surface area contributed by atoms with Gasteiger partial charge in [-0.15, -0.1) is 0 Å². The highest BCUT2D eigenvalue weighted by Crippen LogP contribution is 2.31. The van der Waals surface area contributed by atoms with E-state index in [-0.39, 0.29) is 24.5 Å². The molecule has 6 heteroatoms. The van der Waals surface area contributed by atoms with Crippen LogP contribution in [0.4, 0.5) is 0 Å². The molecule has 0 aromatic heterocycles. The Balaban J connectivity index is 1.46. The van der Waals surface area contributed by atoms with Crippen LogP contribution in [0.1, 0.15) is 44.6 Å². The Hall–Kier alpha value is -1.92. The monoisotopic (exact) mass is 401 g/mol.